The first-order valence-electron chi connectivity index (χ1n) is 7.39. The van der Waals surface area contributed by atoms with Gasteiger partial charge in [0.2, 0.25) is 0 Å². The summed E-state index contributed by atoms with van der Waals surface area (Å²) in [5.41, 5.74) is 1.09. The summed E-state index contributed by atoms with van der Waals surface area (Å²) in [6.45, 7) is 9.31. The molecule has 1 aromatic heterocycles. The van der Waals surface area contributed by atoms with Crippen molar-refractivity contribution < 1.29 is 4.74 Å². The molecule has 1 atom stereocenters. The van der Waals surface area contributed by atoms with Gasteiger partial charge in [-0.2, -0.15) is 4.98 Å². The van der Waals surface area contributed by atoms with Gasteiger partial charge in [0.05, 0.1) is 5.69 Å². The summed E-state index contributed by atoms with van der Waals surface area (Å²) in [6.07, 6.45) is 2.75. The molecular weight excluding hydrogens is 264 g/mol. The number of aromatic nitrogens is 3. The van der Waals surface area contributed by atoms with Gasteiger partial charge in [-0.25, -0.2) is 4.68 Å². The molecule has 0 radical (unpaired) electrons. The van der Waals surface area contributed by atoms with Gasteiger partial charge in [0.15, 0.2) is 0 Å². The first-order valence-corrected chi connectivity index (χ1v) is 7.39. The molecule has 0 saturated carbocycles. The van der Waals surface area contributed by atoms with Gasteiger partial charge < -0.3 is 10.1 Å². The molecule has 0 amide bonds. The van der Waals surface area contributed by atoms with E-state index >= 15 is 0 Å². The molecule has 114 valence electrons. The molecular formula is C16H24N4O. The molecule has 5 heteroatoms. The van der Waals surface area contributed by atoms with Gasteiger partial charge in [-0.3, -0.25) is 0 Å². The van der Waals surface area contributed by atoms with Crippen LogP contribution < -0.4 is 10.1 Å². The molecule has 0 aliphatic rings. The maximum absolute atomic E-state index is 5.75. The molecule has 5 nitrogen and oxygen atoms in total. The lowest BCUT2D eigenvalue weighted by molar-refractivity contribution is 0.184. The van der Waals surface area contributed by atoms with Gasteiger partial charge in [-0.05, 0) is 39.3 Å². The predicted molar refractivity (Wildman–Crippen MR) is 83.8 cm³/mol. The first-order chi connectivity index (χ1) is 10.00. The zero-order valence-corrected chi connectivity index (χ0v) is 13.2. The van der Waals surface area contributed by atoms with Crippen molar-refractivity contribution in [1.29, 1.82) is 0 Å². The van der Waals surface area contributed by atoms with Gasteiger partial charge in [-0.1, -0.05) is 25.1 Å². The smallest absolute Gasteiger partial charge is 0.336 e. The fraction of sp³-hybridized carbons (Fsp3) is 0.500. The fourth-order valence-electron chi connectivity index (χ4n) is 1.77. The highest BCUT2D eigenvalue weighted by Gasteiger charge is 2.16. The molecule has 1 aromatic carbocycles. The summed E-state index contributed by atoms with van der Waals surface area (Å²) >= 11 is 0. The Balaban J connectivity index is 1.91. The zero-order chi connectivity index (χ0) is 15.3. The number of rotatable bonds is 7. The number of ether oxygens (including phenoxy) is 1. The minimum atomic E-state index is 0.0162. The Bertz CT molecular complexity index is 550. The Morgan fingerprint density at radius 3 is 2.67 bits per heavy atom. The van der Waals surface area contributed by atoms with Crippen molar-refractivity contribution in [3.05, 3.63) is 36.7 Å². The van der Waals surface area contributed by atoms with E-state index in [1.165, 1.54) is 0 Å². The monoisotopic (exact) mass is 288 g/mol. The van der Waals surface area contributed by atoms with E-state index in [1.54, 1.807) is 11.0 Å². The summed E-state index contributed by atoms with van der Waals surface area (Å²) < 4.78 is 7.46. The first kappa shape index (κ1) is 15.5. The van der Waals surface area contributed by atoms with E-state index in [9.17, 15) is 0 Å². The van der Waals surface area contributed by atoms with Crippen LogP contribution in [0, 0.1) is 0 Å². The summed E-state index contributed by atoms with van der Waals surface area (Å²) in [6, 6.07) is 10.3. The van der Waals surface area contributed by atoms with E-state index in [4.69, 9.17) is 4.74 Å². The van der Waals surface area contributed by atoms with Crippen molar-refractivity contribution in [1.82, 2.24) is 20.1 Å². The summed E-state index contributed by atoms with van der Waals surface area (Å²) in [7, 11) is 0. The van der Waals surface area contributed by atoms with Crippen molar-refractivity contribution in [3.8, 4) is 11.7 Å². The average Bonchev–Trinajstić information content (AvgIpc) is 2.95. The average molecular weight is 288 g/mol. The second kappa shape index (κ2) is 6.72. The fourth-order valence-corrected chi connectivity index (χ4v) is 1.77. The van der Waals surface area contributed by atoms with Crippen LogP contribution in [0.25, 0.3) is 5.69 Å². The topological polar surface area (TPSA) is 52.0 Å². The van der Waals surface area contributed by atoms with Crippen LogP contribution in [0.3, 0.4) is 0 Å². The molecule has 0 fully saturated rings. The third kappa shape index (κ3) is 4.56. The van der Waals surface area contributed by atoms with E-state index < -0.39 is 0 Å². The number of benzene rings is 1. The molecule has 0 aliphatic carbocycles. The molecule has 1 unspecified atom stereocenters. The van der Waals surface area contributed by atoms with Crippen LogP contribution in [0.2, 0.25) is 0 Å². The highest BCUT2D eigenvalue weighted by Crippen LogP contribution is 2.10. The number of para-hydroxylation sites is 1. The molecule has 2 aromatic rings. The Morgan fingerprint density at radius 1 is 1.29 bits per heavy atom. The van der Waals surface area contributed by atoms with E-state index in [-0.39, 0.29) is 11.6 Å². The standard InChI is InChI=1S/C16H24N4O/c1-5-16(3,4)18-11-13(2)21-15-17-12-20(19-15)14-9-7-6-8-10-14/h6-10,12-13,18H,5,11H2,1-4H3. The van der Waals surface area contributed by atoms with E-state index in [0.717, 1.165) is 18.7 Å². The normalized spacial score (nSPS) is 13.1. The third-order valence-corrected chi connectivity index (χ3v) is 3.55. The minimum Gasteiger partial charge on any atom is -0.458 e. The van der Waals surface area contributed by atoms with E-state index in [2.05, 4.69) is 36.2 Å². The van der Waals surface area contributed by atoms with Gasteiger partial charge in [-0.15, -0.1) is 5.10 Å². The SMILES string of the molecule is CCC(C)(C)NCC(C)Oc1ncn(-c2ccccc2)n1. The predicted octanol–water partition coefficient (Wildman–Crippen LogP) is 2.81. The minimum absolute atomic E-state index is 0.0162. The molecule has 1 N–H and O–H groups in total. The van der Waals surface area contributed by atoms with E-state index in [1.807, 2.05) is 37.3 Å². The number of nitrogens with zero attached hydrogens (tertiary/aromatic N) is 3. The quantitative estimate of drug-likeness (QED) is 0.851. The highest BCUT2D eigenvalue weighted by atomic mass is 16.5. The maximum Gasteiger partial charge on any atom is 0.336 e. The van der Waals surface area contributed by atoms with Crippen molar-refractivity contribution >= 4 is 0 Å². The molecule has 0 bridgehead atoms. The summed E-state index contributed by atoms with van der Waals surface area (Å²) in [5.74, 6) is 0. The lowest BCUT2D eigenvalue weighted by atomic mass is 10.0. The Kier molecular flexibility index (Phi) is 4.96. The van der Waals surface area contributed by atoms with Crippen molar-refractivity contribution in [3.63, 3.8) is 0 Å². The Morgan fingerprint density at radius 2 is 2.00 bits per heavy atom. The van der Waals surface area contributed by atoms with Gasteiger partial charge in [0.25, 0.3) is 0 Å². The van der Waals surface area contributed by atoms with Crippen LogP contribution in [0.1, 0.15) is 34.1 Å². The lowest BCUT2D eigenvalue weighted by Gasteiger charge is -2.26. The Labute approximate surface area is 126 Å². The van der Waals surface area contributed by atoms with Crippen molar-refractivity contribution in [2.45, 2.75) is 45.8 Å². The lowest BCUT2D eigenvalue weighted by Crippen LogP contribution is -2.43. The number of nitrogens with one attached hydrogen (secondary N) is 1. The molecule has 0 saturated heterocycles. The molecule has 0 aliphatic heterocycles. The van der Waals surface area contributed by atoms with Gasteiger partial charge >= 0.3 is 6.01 Å². The second-order valence-corrected chi connectivity index (χ2v) is 5.85. The number of hydrogen-bond donors (Lipinski definition) is 1. The van der Waals surface area contributed by atoms with Gasteiger partial charge in [0, 0.05) is 12.1 Å². The molecule has 0 spiro atoms. The number of hydrogen-bond acceptors (Lipinski definition) is 4. The van der Waals surface area contributed by atoms with Crippen molar-refractivity contribution in [2.24, 2.45) is 0 Å². The van der Waals surface area contributed by atoms with Gasteiger partial charge in [0.1, 0.15) is 12.4 Å². The molecule has 21 heavy (non-hydrogen) atoms. The summed E-state index contributed by atoms with van der Waals surface area (Å²) in [5, 5.41) is 7.82. The molecule has 2 rings (SSSR count). The van der Waals surface area contributed by atoms with Crippen LogP contribution in [0.15, 0.2) is 36.7 Å². The zero-order valence-electron chi connectivity index (χ0n) is 13.2. The van der Waals surface area contributed by atoms with Crippen molar-refractivity contribution in [2.75, 3.05) is 6.54 Å². The van der Waals surface area contributed by atoms with Crippen LogP contribution in [0.5, 0.6) is 6.01 Å². The molecule has 1 heterocycles. The van der Waals surface area contributed by atoms with Crippen LogP contribution in [-0.4, -0.2) is 33.0 Å². The third-order valence-electron chi connectivity index (χ3n) is 3.55. The highest BCUT2D eigenvalue weighted by molar-refractivity contribution is 5.29. The van der Waals surface area contributed by atoms with E-state index in [0.29, 0.717) is 6.01 Å². The Hall–Kier alpha value is -1.88. The second-order valence-electron chi connectivity index (χ2n) is 5.85. The maximum atomic E-state index is 5.75. The van der Waals surface area contributed by atoms with Crippen LogP contribution in [0.4, 0.5) is 0 Å². The largest absolute Gasteiger partial charge is 0.458 e. The van der Waals surface area contributed by atoms with Crippen LogP contribution in [-0.2, 0) is 0 Å². The van der Waals surface area contributed by atoms with Crippen LogP contribution >= 0.6 is 0 Å². The summed E-state index contributed by atoms with van der Waals surface area (Å²) in [4.78, 5) is 4.20.